The second-order valence-electron chi connectivity index (χ2n) is 5.85. The Labute approximate surface area is 139 Å². The lowest BCUT2D eigenvalue weighted by atomic mass is 9.94. The van der Waals surface area contributed by atoms with Gasteiger partial charge in [0.2, 0.25) is 5.69 Å². The van der Waals surface area contributed by atoms with Gasteiger partial charge in [0.05, 0.1) is 5.69 Å². The van der Waals surface area contributed by atoms with Crippen LogP contribution < -0.4 is 4.90 Å². The fourth-order valence-corrected chi connectivity index (χ4v) is 3.13. The highest BCUT2D eigenvalue weighted by Gasteiger charge is 2.27. The molecule has 1 fully saturated rings. The second-order valence-corrected chi connectivity index (χ2v) is 6.28. The number of anilines is 1. The Balaban J connectivity index is 1.95. The summed E-state index contributed by atoms with van der Waals surface area (Å²) >= 11 is 5.89. The van der Waals surface area contributed by atoms with Crippen LogP contribution in [0.5, 0.6) is 0 Å². The maximum atomic E-state index is 11.5. The van der Waals surface area contributed by atoms with E-state index in [1.807, 2.05) is 11.9 Å². The molecule has 1 N–H and O–H groups in total. The first kappa shape index (κ1) is 15.8. The van der Waals surface area contributed by atoms with Gasteiger partial charge in [-0.1, -0.05) is 30.9 Å². The van der Waals surface area contributed by atoms with Crippen molar-refractivity contribution in [3.8, 4) is 5.69 Å². The smallest absolute Gasteiger partial charge is 0.360 e. The monoisotopic (exact) mass is 334 g/mol. The molecular formula is C16H19ClN4O2. The summed E-state index contributed by atoms with van der Waals surface area (Å²) in [5, 5.41) is 18.6. The molecule has 1 aliphatic rings. The Morgan fingerprint density at radius 1 is 1.22 bits per heavy atom. The van der Waals surface area contributed by atoms with E-state index in [4.69, 9.17) is 11.6 Å². The molecule has 0 saturated heterocycles. The summed E-state index contributed by atoms with van der Waals surface area (Å²) in [6, 6.07) is 7.30. The average Bonchev–Trinajstić information content (AvgIpc) is 3.01. The molecule has 122 valence electrons. The molecule has 1 saturated carbocycles. The number of hydrogen-bond donors (Lipinski definition) is 1. The Morgan fingerprint density at radius 2 is 1.87 bits per heavy atom. The molecule has 0 radical (unpaired) electrons. The minimum atomic E-state index is -1.07. The molecule has 1 aliphatic carbocycles. The van der Waals surface area contributed by atoms with Crippen molar-refractivity contribution in [3.63, 3.8) is 0 Å². The first-order chi connectivity index (χ1) is 11.1. The number of benzene rings is 1. The number of nitrogens with zero attached hydrogens (tertiary/aromatic N) is 4. The van der Waals surface area contributed by atoms with Gasteiger partial charge in [-0.25, -0.2) is 4.79 Å². The summed E-state index contributed by atoms with van der Waals surface area (Å²) in [6.07, 6.45) is 5.70. The predicted molar refractivity (Wildman–Crippen MR) is 88.6 cm³/mol. The fraction of sp³-hybridized carbons (Fsp3) is 0.438. The van der Waals surface area contributed by atoms with Crippen LogP contribution in [0.25, 0.3) is 5.69 Å². The number of carboxylic acids is 1. The van der Waals surface area contributed by atoms with Crippen LogP contribution >= 0.6 is 11.6 Å². The van der Waals surface area contributed by atoms with Crippen molar-refractivity contribution in [3.05, 3.63) is 35.0 Å². The van der Waals surface area contributed by atoms with Gasteiger partial charge in [0.1, 0.15) is 0 Å². The molecule has 0 atom stereocenters. The summed E-state index contributed by atoms with van der Waals surface area (Å²) in [6.45, 7) is 0. The molecule has 23 heavy (non-hydrogen) atoms. The van der Waals surface area contributed by atoms with Crippen LogP contribution in [0, 0.1) is 0 Å². The Kier molecular flexibility index (Phi) is 4.52. The molecule has 0 amide bonds. The van der Waals surface area contributed by atoms with Gasteiger partial charge in [-0.05, 0) is 37.1 Å². The molecule has 7 heteroatoms. The van der Waals surface area contributed by atoms with E-state index in [1.165, 1.54) is 24.1 Å². The van der Waals surface area contributed by atoms with Gasteiger partial charge in [0.15, 0.2) is 5.82 Å². The zero-order valence-electron chi connectivity index (χ0n) is 12.9. The standard InChI is InChI=1S/C16H19ClN4O2/c1-20(12-5-3-2-4-6-12)15-14(16(22)23)18-21(19-15)13-9-7-11(17)8-10-13/h7-10,12H,2-6H2,1H3,(H,22,23). The van der Waals surface area contributed by atoms with Gasteiger partial charge in [-0.3, -0.25) is 0 Å². The lowest BCUT2D eigenvalue weighted by Gasteiger charge is -2.31. The third-order valence-corrected chi connectivity index (χ3v) is 4.56. The maximum Gasteiger partial charge on any atom is 0.360 e. The molecular weight excluding hydrogens is 316 g/mol. The molecule has 1 heterocycles. The van der Waals surface area contributed by atoms with Gasteiger partial charge in [-0.15, -0.1) is 15.0 Å². The summed E-state index contributed by atoms with van der Waals surface area (Å²) in [4.78, 5) is 14.9. The summed E-state index contributed by atoms with van der Waals surface area (Å²) in [5.41, 5.74) is 0.660. The molecule has 0 aliphatic heterocycles. The van der Waals surface area contributed by atoms with Crippen molar-refractivity contribution < 1.29 is 9.90 Å². The second kappa shape index (κ2) is 6.58. The highest BCUT2D eigenvalue weighted by atomic mass is 35.5. The molecule has 0 spiro atoms. The van der Waals surface area contributed by atoms with E-state index in [1.54, 1.807) is 24.3 Å². The molecule has 6 nitrogen and oxygen atoms in total. The lowest BCUT2D eigenvalue weighted by Crippen LogP contribution is -2.34. The van der Waals surface area contributed by atoms with Crippen molar-refractivity contribution >= 4 is 23.4 Å². The van der Waals surface area contributed by atoms with Crippen molar-refractivity contribution in [2.24, 2.45) is 0 Å². The Bertz CT molecular complexity index is 693. The minimum absolute atomic E-state index is 0.0203. The van der Waals surface area contributed by atoms with Crippen LogP contribution in [0.15, 0.2) is 24.3 Å². The zero-order valence-corrected chi connectivity index (χ0v) is 13.7. The van der Waals surface area contributed by atoms with Gasteiger partial charge < -0.3 is 10.0 Å². The molecule has 3 rings (SSSR count). The summed E-state index contributed by atoms with van der Waals surface area (Å²) in [7, 11) is 1.90. The van der Waals surface area contributed by atoms with E-state index in [-0.39, 0.29) is 5.69 Å². The van der Waals surface area contributed by atoms with E-state index in [0.717, 1.165) is 12.8 Å². The maximum absolute atomic E-state index is 11.5. The highest BCUT2D eigenvalue weighted by Crippen LogP contribution is 2.27. The number of aromatic nitrogens is 3. The number of aromatic carboxylic acids is 1. The third-order valence-electron chi connectivity index (χ3n) is 4.31. The van der Waals surface area contributed by atoms with E-state index in [9.17, 15) is 9.90 Å². The highest BCUT2D eigenvalue weighted by molar-refractivity contribution is 6.30. The first-order valence-electron chi connectivity index (χ1n) is 7.75. The number of hydrogen-bond acceptors (Lipinski definition) is 4. The molecule has 1 aromatic heterocycles. The van der Waals surface area contributed by atoms with Gasteiger partial charge in [0.25, 0.3) is 0 Å². The zero-order chi connectivity index (χ0) is 16.4. The lowest BCUT2D eigenvalue weighted by molar-refractivity contribution is 0.0690. The third kappa shape index (κ3) is 3.32. The minimum Gasteiger partial charge on any atom is -0.476 e. The van der Waals surface area contributed by atoms with Gasteiger partial charge >= 0.3 is 5.97 Å². The van der Waals surface area contributed by atoms with Crippen molar-refractivity contribution in [2.45, 2.75) is 38.1 Å². The molecule has 1 aromatic carbocycles. The van der Waals surface area contributed by atoms with E-state index in [2.05, 4.69) is 10.2 Å². The fourth-order valence-electron chi connectivity index (χ4n) is 3.01. The van der Waals surface area contributed by atoms with Crippen LogP contribution in [0.4, 0.5) is 5.82 Å². The topological polar surface area (TPSA) is 71.2 Å². The number of halogens is 1. The summed E-state index contributed by atoms with van der Waals surface area (Å²) < 4.78 is 0. The van der Waals surface area contributed by atoms with Crippen LogP contribution in [0.2, 0.25) is 5.02 Å². The van der Waals surface area contributed by atoms with Gasteiger partial charge in [-0.2, -0.15) is 0 Å². The van der Waals surface area contributed by atoms with Crippen LogP contribution in [-0.2, 0) is 0 Å². The molecule has 2 aromatic rings. The van der Waals surface area contributed by atoms with Crippen molar-refractivity contribution in [2.75, 3.05) is 11.9 Å². The number of carbonyl (C=O) groups is 1. The quantitative estimate of drug-likeness (QED) is 0.928. The largest absolute Gasteiger partial charge is 0.476 e. The normalized spacial score (nSPS) is 15.6. The number of rotatable bonds is 4. The van der Waals surface area contributed by atoms with Gasteiger partial charge in [0, 0.05) is 18.1 Å². The van der Waals surface area contributed by atoms with Crippen molar-refractivity contribution in [1.29, 1.82) is 0 Å². The van der Waals surface area contributed by atoms with E-state index < -0.39 is 5.97 Å². The number of carboxylic acid groups (broad SMARTS) is 1. The van der Waals surface area contributed by atoms with Crippen LogP contribution in [0.3, 0.4) is 0 Å². The summed E-state index contributed by atoms with van der Waals surface area (Å²) in [5.74, 6) is -0.651. The van der Waals surface area contributed by atoms with Crippen molar-refractivity contribution in [1.82, 2.24) is 15.0 Å². The Hall–Kier alpha value is -2.08. The SMILES string of the molecule is CN(c1nn(-c2ccc(Cl)cc2)nc1C(=O)O)C1CCCCC1. The van der Waals surface area contributed by atoms with Crippen LogP contribution in [-0.4, -0.2) is 39.2 Å². The van der Waals surface area contributed by atoms with Crippen LogP contribution in [0.1, 0.15) is 42.6 Å². The molecule has 0 bridgehead atoms. The Morgan fingerprint density at radius 3 is 2.48 bits per heavy atom. The van der Waals surface area contributed by atoms with E-state index in [0.29, 0.717) is 22.6 Å². The average molecular weight is 335 g/mol. The first-order valence-corrected chi connectivity index (χ1v) is 8.13. The van der Waals surface area contributed by atoms with E-state index >= 15 is 0 Å². The predicted octanol–water partition coefficient (Wildman–Crippen LogP) is 3.39. The molecule has 0 unspecified atom stereocenters.